The van der Waals surface area contributed by atoms with Crippen LogP contribution in [-0.4, -0.2) is 19.2 Å². The van der Waals surface area contributed by atoms with Gasteiger partial charge in [-0.05, 0) is 54.1 Å². The van der Waals surface area contributed by atoms with Crippen molar-refractivity contribution in [3.63, 3.8) is 0 Å². The van der Waals surface area contributed by atoms with Gasteiger partial charge in [0.15, 0.2) is 0 Å². The molecule has 0 bridgehead atoms. The molecule has 0 aliphatic rings. The van der Waals surface area contributed by atoms with Crippen molar-refractivity contribution >= 4 is 28.1 Å². The number of nitrogens with zero attached hydrogens (tertiary/aromatic N) is 1. The molecule has 142 valence electrons. The smallest absolute Gasteiger partial charge is 0.271 e. The van der Waals surface area contributed by atoms with Crippen LogP contribution < -0.4 is 14.9 Å². The lowest BCUT2D eigenvalue weighted by Crippen LogP contribution is -2.17. The SMILES string of the molecule is COc1ccc(/C=N\NC(=O)c2cccc(Br)c2)cc1COc1ccccc1. The number of carbonyl (C=O) groups excluding carboxylic acids is 1. The third-order valence-electron chi connectivity index (χ3n) is 3.91. The highest BCUT2D eigenvalue weighted by Crippen LogP contribution is 2.21. The highest BCUT2D eigenvalue weighted by Gasteiger charge is 2.06. The molecule has 0 radical (unpaired) electrons. The predicted octanol–water partition coefficient (Wildman–Crippen LogP) is 4.80. The first-order valence-corrected chi connectivity index (χ1v) is 9.39. The minimum absolute atomic E-state index is 0.279. The minimum atomic E-state index is -0.279. The number of carbonyl (C=O) groups is 1. The number of hydrogen-bond acceptors (Lipinski definition) is 4. The summed E-state index contributed by atoms with van der Waals surface area (Å²) in [7, 11) is 1.62. The molecule has 0 atom stereocenters. The molecule has 3 rings (SSSR count). The summed E-state index contributed by atoms with van der Waals surface area (Å²) in [4.78, 5) is 12.1. The van der Waals surface area contributed by atoms with Crippen molar-refractivity contribution in [3.8, 4) is 11.5 Å². The fourth-order valence-corrected chi connectivity index (χ4v) is 2.93. The third kappa shape index (κ3) is 5.44. The van der Waals surface area contributed by atoms with E-state index in [9.17, 15) is 4.79 Å². The van der Waals surface area contributed by atoms with E-state index < -0.39 is 0 Å². The summed E-state index contributed by atoms with van der Waals surface area (Å²) in [5, 5.41) is 4.04. The fraction of sp³-hybridized carbons (Fsp3) is 0.0909. The summed E-state index contributed by atoms with van der Waals surface area (Å²) >= 11 is 3.35. The molecule has 6 heteroatoms. The average Bonchev–Trinajstić information content (AvgIpc) is 2.73. The lowest BCUT2D eigenvalue weighted by Gasteiger charge is -2.11. The Balaban J connectivity index is 1.66. The maximum atomic E-state index is 12.1. The van der Waals surface area contributed by atoms with Gasteiger partial charge in [0.2, 0.25) is 0 Å². The van der Waals surface area contributed by atoms with Crippen LogP contribution in [0.4, 0.5) is 0 Å². The molecular weight excluding hydrogens is 420 g/mol. The summed E-state index contributed by atoms with van der Waals surface area (Å²) in [5.74, 6) is 1.23. The van der Waals surface area contributed by atoms with E-state index in [2.05, 4.69) is 26.5 Å². The number of nitrogens with one attached hydrogen (secondary N) is 1. The van der Waals surface area contributed by atoms with Gasteiger partial charge in [0, 0.05) is 15.6 Å². The van der Waals surface area contributed by atoms with Crippen molar-refractivity contribution in [2.75, 3.05) is 7.11 Å². The Bertz CT molecular complexity index is 975. The summed E-state index contributed by atoms with van der Waals surface area (Å²) < 4.78 is 12.0. The number of halogens is 1. The van der Waals surface area contributed by atoms with Gasteiger partial charge in [-0.3, -0.25) is 4.79 Å². The van der Waals surface area contributed by atoms with Crippen LogP contribution in [0.25, 0.3) is 0 Å². The molecule has 0 spiro atoms. The second kappa shape index (κ2) is 9.71. The number of benzene rings is 3. The van der Waals surface area contributed by atoms with Gasteiger partial charge in [0.05, 0.1) is 13.3 Å². The normalized spacial score (nSPS) is 10.6. The van der Waals surface area contributed by atoms with Crippen molar-refractivity contribution in [2.45, 2.75) is 6.61 Å². The van der Waals surface area contributed by atoms with Crippen LogP contribution in [0.15, 0.2) is 82.4 Å². The van der Waals surface area contributed by atoms with Gasteiger partial charge in [-0.25, -0.2) is 5.43 Å². The Morgan fingerprint density at radius 1 is 1.07 bits per heavy atom. The summed E-state index contributed by atoms with van der Waals surface area (Å²) in [6.45, 7) is 0.360. The van der Waals surface area contributed by atoms with E-state index in [-0.39, 0.29) is 5.91 Å². The Morgan fingerprint density at radius 3 is 2.64 bits per heavy atom. The number of ether oxygens (including phenoxy) is 2. The number of amides is 1. The fourth-order valence-electron chi connectivity index (χ4n) is 2.53. The molecule has 0 heterocycles. The van der Waals surface area contributed by atoms with E-state index in [1.54, 1.807) is 31.5 Å². The lowest BCUT2D eigenvalue weighted by molar-refractivity contribution is 0.0955. The van der Waals surface area contributed by atoms with E-state index in [0.717, 1.165) is 27.1 Å². The Morgan fingerprint density at radius 2 is 1.89 bits per heavy atom. The van der Waals surface area contributed by atoms with Crippen molar-refractivity contribution < 1.29 is 14.3 Å². The van der Waals surface area contributed by atoms with Crippen LogP contribution in [0.1, 0.15) is 21.5 Å². The molecular formula is C22H19BrN2O3. The van der Waals surface area contributed by atoms with Gasteiger partial charge in [0.25, 0.3) is 5.91 Å². The topological polar surface area (TPSA) is 59.9 Å². The van der Waals surface area contributed by atoms with E-state index in [1.807, 2.05) is 54.6 Å². The van der Waals surface area contributed by atoms with E-state index in [0.29, 0.717) is 12.2 Å². The molecule has 28 heavy (non-hydrogen) atoms. The zero-order chi connectivity index (χ0) is 19.8. The molecule has 1 N–H and O–H groups in total. The highest BCUT2D eigenvalue weighted by molar-refractivity contribution is 9.10. The number of methoxy groups -OCH3 is 1. The minimum Gasteiger partial charge on any atom is -0.496 e. The van der Waals surface area contributed by atoms with Crippen molar-refractivity contribution in [1.82, 2.24) is 5.43 Å². The Kier molecular flexibility index (Phi) is 6.81. The average molecular weight is 439 g/mol. The monoisotopic (exact) mass is 438 g/mol. The maximum Gasteiger partial charge on any atom is 0.271 e. The largest absolute Gasteiger partial charge is 0.496 e. The van der Waals surface area contributed by atoms with Gasteiger partial charge in [0.1, 0.15) is 18.1 Å². The zero-order valence-electron chi connectivity index (χ0n) is 15.3. The second-order valence-corrected chi connectivity index (χ2v) is 6.80. The first-order chi connectivity index (χ1) is 13.7. The van der Waals surface area contributed by atoms with Crippen LogP contribution >= 0.6 is 15.9 Å². The molecule has 5 nitrogen and oxygen atoms in total. The van der Waals surface area contributed by atoms with Crippen LogP contribution in [-0.2, 0) is 6.61 Å². The van der Waals surface area contributed by atoms with Crippen LogP contribution in [0.5, 0.6) is 11.5 Å². The van der Waals surface area contributed by atoms with E-state index >= 15 is 0 Å². The van der Waals surface area contributed by atoms with Crippen LogP contribution in [0.3, 0.4) is 0 Å². The van der Waals surface area contributed by atoms with Gasteiger partial charge < -0.3 is 9.47 Å². The zero-order valence-corrected chi connectivity index (χ0v) is 16.8. The number of hydrogen-bond donors (Lipinski definition) is 1. The first kappa shape index (κ1) is 19.6. The number of para-hydroxylation sites is 1. The second-order valence-electron chi connectivity index (χ2n) is 5.88. The lowest BCUT2D eigenvalue weighted by atomic mass is 10.1. The molecule has 3 aromatic carbocycles. The van der Waals surface area contributed by atoms with Crippen LogP contribution in [0, 0.1) is 0 Å². The third-order valence-corrected chi connectivity index (χ3v) is 4.40. The maximum absolute atomic E-state index is 12.1. The molecule has 0 unspecified atom stereocenters. The quantitative estimate of drug-likeness (QED) is 0.425. The molecule has 0 aliphatic heterocycles. The molecule has 0 saturated heterocycles. The molecule has 0 aromatic heterocycles. The molecule has 3 aromatic rings. The molecule has 0 saturated carbocycles. The van der Waals surface area contributed by atoms with E-state index in [4.69, 9.17) is 9.47 Å². The summed E-state index contributed by atoms with van der Waals surface area (Å²) in [6, 6.07) is 22.3. The number of hydrazone groups is 1. The van der Waals surface area contributed by atoms with Crippen molar-refractivity contribution in [2.24, 2.45) is 5.10 Å². The first-order valence-electron chi connectivity index (χ1n) is 8.59. The summed E-state index contributed by atoms with van der Waals surface area (Å²) in [5.41, 5.74) is 4.76. The Hall–Kier alpha value is -3.12. The van der Waals surface area contributed by atoms with Gasteiger partial charge in [-0.1, -0.05) is 40.2 Å². The van der Waals surface area contributed by atoms with Crippen molar-refractivity contribution in [1.29, 1.82) is 0 Å². The van der Waals surface area contributed by atoms with E-state index in [1.165, 1.54) is 0 Å². The number of rotatable bonds is 7. The predicted molar refractivity (Wildman–Crippen MR) is 113 cm³/mol. The summed E-state index contributed by atoms with van der Waals surface area (Å²) in [6.07, 6.45) is 1.58. The van der Waals surface area contributed by atoms with Gasteiger partial charge in [-0.15, -0.1) is 0 Å². The van der Waals surface area contributed by atoms with Crippen molar-refractivity contribution in [3.05, 3.63) is 94.0 Å². The van der Waals surface area contributed by atoms with Gasteiger partial charge >= 0.3 is 0 Å². The standard InChI is InChI=1S/C22H19BrN2O3/c1-27-21-11-10-16(12-18(21)15-28-20-8-3-2-4-9-20)14-24-25-22(26)17-6-5-7-19(23)13-17/h2-14H,15H2,1H3,(H,25,26)/b24-14-. The molecule has 0 fully saturated rings. The molecule has 1 amide bonds. The van der Waals surface area contributed by atoms with Crippen LogP contribution in [0.2, 0.25) is 0 Å². The Labute approximate surface area is 172 Å². The van der Waals surface area contributed by atoms with Gasteiger partial charge in [-0.2, -0.15) is 5.10 Å². The highest BCUT2D eigenvalue weighted by atomic mass is 79.9. The molecule has 0 aliphatic carbocycles.